The minimum Gasteiger partial charge on any atom is -0.383 e. The summed E-state index contributed by atoms with van der Waals surface area (Å²) in [5, 5.41) is 11.1. The van der Waals surface area contributed by atoms with Gasteiger partial charge in [-0.1, -0.05) is 33.2 Å². The van der Waals surface area contributed by atoms with E-state index in [0.717, 1.165) is 12.2 Å². The predicted molar refractivity (Wildman–Crippen MR) is 104 cm³/mol. The zero-order chi connectivity index (χ0) is 18.0. The van der Waals surface area contributed by atoms with Gasteiger partial charge in [-0.25, -0.2) is 8.42 Å². The van der Waals surface area contributed by atoms with Gasteiger partial charge in [-0.15, -0.1) is 0 Å². The SMILES string of the molecule is COCCN(C/C=C/CCSI)S(=O)(=O)c1ccccc1[N+](=O)[O-]. The van der Waals surface area contributed by atoms with Gasteiger partial charge in [0.2, 0.25) is 10.0 Å². The molecule has 24 heavy (non-hydrogen) atoms. The molecule has 0 saturated heterocycles. The van der Waals surface area contributed by atoms with E-state index in [4.69, 9.17) is 4.74 Å². The van der Waals surface area contributed by atoms with E-state index < -0.39 is 20.6 Å². The number of nitrogens with zero attached hydrogens (tertiary/aromatic N) is 2. The second kappa shape index (κ2) is 11.0. The second-order valence-electron chi connectivity index (χ2n) is 4.65. The van der Waals surface area contributed by atoms with E-state index in [-0.39, 0.29) is 24.6 Å². The van der Waals surface area contributed by atoms with Gasteiger partial charge < -0.3 is 4.74 Å². The summed E-state index contributed by atoms with van der Waals surface area (Å²) in [4.78, 5) is 10.1. The molecule has 0 amide bonds. The zero-order valence-electron chi connectivity index (χ0n) is 13.1. The van der Waals surface area contributed by atoms with Crippen LogP contribution >= 0.6 is 30.1 Å². The normalized spacial score (nSPS) is 12.1. The summed E-state index contributed by atoms with van der Waals surface area (Å²) in [6.45, 7) is 0.469. The second-order valence-corrected chi connectivity index (χ2v) is 9.06. The molecule has 0 aromatic heterocycles. The summed E-state index contributed by atoms with van der Waals surface area (Å²) >= 11 is 2.20. The van der Waals surface area contributed by atoms with E-state index >= 15 is 0 Å². The number of hydrogen-bond donors (Lipinski definition) is 0. The van der Waals surface area contributed by atoms with Crippen LogP contribution in [0.4, 0.5) is 5.69 Å². The van der Waals surface area contributed by atoms with Gasteiger partial charge in [-0.3, -0.25) is 10.1 Å². The average Bonchev–Trinajstić information content (AvgIpc) is 2.57. The first-order valence-electron chi connectivity index (χ1n) is 7.06. The van der Waals surface area contributed by atoms with E-state index in [1.54, 1.807) is 15.0 Å². The molecule has 134 valence electrons. The number of para-hydroxylation sites is 1. The Labute approximate surface area is 158 Å². The number of sulfonamides is 1. The number of benzene rings is 1. The van der Waals surface area contributed by atoms with Crippen LogP contribution in [0.3, 0.4) is 0 Å². The lowest BCUT2D eigenvalue weighted by molar-refractivity contribution is -0.387. The molecule has 0 unspecified atom stereocenters. The van der Waals surface area contributed by atoms with Crippen LogP contribution in [0.25, 0.3) is 0 Å². The van der Waals surface area contributed by atoms with Gasteiger partial charge in [-0.2, -0.15) is 4.31 Å². The van der Waals surface area contributed by atoms with Crippen LogP contribution in [0.5, 0.6) is 0 Å². The summed E-state index contributed by atoms with van der Waals surface area (Å²) in [7, 11) is -0.839. The summed E-state index contributed by atoms with van der Waals surface area (Å²) in [5.41, 5.74) is -0.426. The Balaban J connectivity index is 3.06. The Kier molecular flexibility index (Phi) is 9.81. The van der Waals surface area contributed by atoms with Crippen LogP contribution in [0.1, 0.15) is 6.42 Å². The molecule has 0 atom stereocenters. The quantitative estimate of drug-likeness (QED) is 0.157. The molecule has 10 heteroatoms. The Bertz CT molecular complexity index is 667. The maximum atomic E-state index is 12.8. The van der Waals surface area contributed by atoms with E-state index in [0.29, 0.717) is 0 Å². The number of halogens is 1. The minimum absolute atomic E-state index is 0.121. The van der Waals surface area contributed by atoms with Crippen LogP contribution in [0.2, 0.25) is 0 Å². The number of nitro benzene ring substituents is 1. The Morgan fingerprint density at radius 1 is 1.38 bits per heavy atom. The topological polar surface area (TPSA) is 89.8 Å². The first kappa shape index (κ1) is 21.4. The van der Waals surface area contributed by atoms with Crippen molar-refractivity contribution in [1.82, 2.24) is 4.31 Å². The highest BCUT2D eigenvalue weighted by Gasteiger charge is 2.30. The maximum absolute atomic E-state index is 12.8. The molecule has 0 heterocycles. The van der Waals surface area contributed by atoms with Crippen molar-refractivity contribution in [3.63, 3.8) is 0 Å². The van der Waals surface area contributed by atoms with Crippen molar-refractivity contribution in [3.8, 4) is 0 Å². The van der Waals surface area contributed by atoms with Crippen LogP contribution in [0, 0.1) is 10.1 Å². The summed E-state index contributed by atoms with van der Waals surface area (Å²) in [6, 6.07) is 5.36. The van der Waals surface area contributed by atoms with Gasteiger partial charge >= 0.3 is 0 Å². The molecule has 1 aromatic carbocycles. The highest BCUT2D eigenvalue weighted by molar-refractivity contribution is 14.2. The molecule has 0 spiro atoms. The fraction of sp³-hybridized carbons (Fsp3) is 0.429. The first-order chi connectivity index (χ1) is 11.4. The van der Waals surface area contributed by atoms with Gasteiger partial charge in [0, 0.05) is 32.0 Å². The standard InChI is InChI=1S/C14H19IN2O5S2/c1-22-11-10-16(9-5-2-6-12-23-15)24(20,21)14-8-4-3-7-13(14)17(18)19/h2-5,7-8H,6,9-12H2,1H3/b5-2+. The Morgan fingerprint density at radius 3 is 2.71 bits per heavy atom. The smallest absolute Gasteiger partial charge is 0.289 e. The lowest BCUT2D eigenvalue weighted by Gasteiger charge is -2.20. The highest BCUT2D eigenvalue weighted by atomic mass is 127. The zero-order valence-corrected chi connectivity index (χ0v) is 16.9. The maximum Gasteiger partial charge on any atom is 0.289 e. The van der Waals surface area contributed by atoms with Crippen molar-refractivity contribution in [3.05, 3.63) is 46.5 Å². The molecule has 0 aliphatic carbocycles. The number of rotatable bonds is 11. The van der Waals surface area contributed by atoms with Crippen LogP contribution < -0.4 is 0 Å². The van der Waals surface area contributed by atoms with E-state index in [1.807, 2.05) is 6.08 Å². The van der Waals surface area contributed by atoms with E-state index in [1.165, 1.54) is 35.7 Å². The van der Waals surface area contributed by atoms with E-state index in [9.17, 15) is 18.5 Å². The van der Waals surface area contributed by atoms with Gasteiger partial charge in [-0.05, 0) is 33.7 Å². The van der Waals surface area contributed by atoms with Crippen LogP contribution in [-0.2, 0) is 14.8 Å². The molecule has 0 N–H and O–H groups in total. The first-order valence-corrected chi connectivity index (χ1v) is 12.0. The number of hydrogen-bond acceptors (Lipinski definition) is 6. The predicted octanol–water partition coefficient (Wildman–Crippen LogP) is 3.26. The molecular formula is C14H19IN2O5S2. The van der Waals surface area contributed by atoms with E-state index in [2.05, 4.69) is 21.2 Å². The van der Waals surface area contributed by atoms with Crippen molar-refractivity contribution in [2.45, 2.75) is 11.3 Å². The molecule has 0 bridgehead atoms. The third-order valence-corrected chi connectivity index (χ3v) is 6.69. The lowest BCUT2D eigenvalue weighted by atomic mass is 10.3. The molecular weight excluding hydrogens is 467 g/mol. The Hall–Kier alpha value is -0.690. The monoisotopic (exact) mass is 486 g/mol. The fourth-order valence-electron chi connectivity index (χ4n) is 1.89. The van der Waals surface area contributed by atoms with Crippen molar-refractivity contribution in [1.29, 1.82) is 0 Å². The molecule has 0 aliphatic rings. The molecule has 0 aliphatic heterocycles. The average molecular weight is 486 g/mol. The number of ether oxygens (including phenoxy) is 1. The molecule has 1 aromatic rings. The summed E-state index contributed by atoms with van der Waals surface area (Å²) < 4.78 is 31.8. The fourth-order valence-corrected chi connectivity index (χ4v) is 4.41. The lowest BCUT2D eigenvalue weighted by Crippen LogP contribution is -2.34. The van der Waals surface area contributed by atoms with Crippen molar-refractivity contribution >= 4 is 45.8 Å². The van der Waals surface area contributed by atoms with Crippen molar-refractivity contribution < 1.29 is 18.1 Å². The van der Waals surface area contributed by atoms with Crippen LogP contribution in [0.15, 0.2) is 41.3 Å². The third kappa shape index (κ3) is 6.31. The molecule has 0 fully saturated rings. The number of nitro groups is 1. The highest BCUT2D eigenvalue weighted by Crippen LogP contribution is 2.26. The van der Waals surface area contributed by atoms with Gasteiger partial charge in [0.1, 0.15) is 0 Å². The van der Waals surface area contributed by atoms with Gasteiger partial charge in [0.05, 0.1) is 11.5 Å². The molecule has 7 nitrogen and oxygen atoms in total. The third-order valence-electron chi connectivity index (χ3n) is 3.06. The van der Waals surface area contributed by atoms with Gasteiger partial charge in [0.25, 0.3) is 5.69 Å². The minimum atomic E-state index is -3.99. The van der Waals surface area contributed by atoms with Crippen LogP contribution in [-0.4, -0.2) is 50.2 Å². The Morgan fingerprint density at radius 2 is 2.08 bits per heavy atom. The molecule has 0 radical (unpaired) electrons. The largest absolute Gasteiger partial charge is 0.383 e. The van der Waals surface area contributed by atoms with Crippen molar-refractivity contribution in [2.24, 2.45) is 0 Å². The number of allylic oxidation sites excluding steroid dienone is 1. The number of methoxy groups -OCH3 is 1. The molecule has 0 saturated carbocycles. The summed E-state index contributed by atoms with van der Waals surface area (Å²) in [5.74, 6) is 0.937. The molecule has 1 rings (SSSR count). The van der Waals surface area contributed by atoms with Gasteiger partial charge in [0.15, 0.2) is 4.90 Å². The summed E-state index contributed by atoms with van der Waals surface area (Å²) in [6.07, 6.45) is 4.49. The van der Waals surface area contributed by atoms with Crippen molar-refractivity contribution in [2.75, 3.05) is 32.6 Å².